The second-order valence-corrected chi connectivity index (χ2v) is 9.10. The van der Waals surface area contributed by atoms with E-state index in [1.807, 2.05) is 68.4 Å². The Labute approximate surface area is 218 Å². The van der Waals surface area contributed by atoms with Crippen molar-refractivity contribution in [2.24, 2.45) is 5.10 Å². The minimum atomic E-state index is -0.275. The van der Waals surface area contributed by atoms with Gasteiger partial charge in [-0.15, -0.1) is 0 Å². The fraction of sp³-hybridized carbons (Fsp3) is 0.179. The van der Waals surface area contributed by atoms with Crippen LogP contribution in [0.4, 0.5) is 11.4 Å². The highest BCUT2D eigenvalue weighted by atomic mass is 79.9. The Kier molecular flexibility index (Phi) is 7.85. The molecule has 1 aliphatic heterocycles. The van der Waals surface area contributed by atoms with Crippen LogP contribution in [-0.2, 0) is 9.59 Å². The van der Waals surface area contributed by atoms with Gasteiger partial charge in [0.1, 0.15) is 0 Å². The van der Waals surface area contributed by atoms with Crippen molar-refractivity contribution in [2.45, 2.75) is 20.8 Å². The lowest BCUT2D eigenvalue weighted by atomic mass is 10.1. The first-order valence-corrected chi connectivity index (χ1v) is 12.3. The summed E-state index contributed by atoms with van der Waals surface area (Å²) in [4.78, 5) is 25.4. The number of benzene rings is 3. The smallest absolute Gasteiger partial charge is 0.280 e. The fourth-order valence-corrected chi connectivity index (χ4v) is 4.00. The van der Waals surface area contributed by atoms with E-state index in [2.05, 4.69) is 26.3 Å². The topological polar surface area (TPSA) is 80.2 Å². The SMILES string of the molecule is CCOc1cc(/C=C2\C(=O)N(c3cccc(Br)c3)N=C2C)ccc1OCC(=O)Nc1ccc(C)cc1. The van der Waals surface area contributed by atoms with Gasteiger partial charge < -0.3 is 14.8 Å². The molecule has 3 aromatic carbocycles. The molecule has 0 radical (unpaired) electrons. The zero-order chi connectivity index (χ0) is 25.7. The molecular formula is C28H26BrN3O4. The first-order chi connectivity index (χ1) is 17.3. The molecule has 0 aromatic heterocycles. The van der Waals surface area contributed by atoms with Crippen molar-refractivity contribution < 1.29 is 19.1 Å². The lowest BCUT2D eigenvalue weighted by Gasteiger charge is -2.13. The van der Waals surface area contributed by atoms with E-state index in [-0.39, 0.29) is 18.4 Å². The van der Waals surface area contributed by atoms with Gasteiger partial charge in [0.05, 0.1) is 23.6 Å². The molecule has 1 aliphatic rings. The van der Waals surface area contributed by atoms with E-state index in [4.69, 9.17) is 9.47 Å². The minimum absolute atomic E-state index is 0.166. The van der Waals surface area contributed by atoms with Gasteiger partial charge in [0, 0.05) is 10.2 Å². The predicted octanol–water partition coefficient (Wildman–Crippen LogP) is 5.98. The number of carbonyl (C=O) groups excluding carboxylic acids is 2. The average Bonchev–Trinajstić information content (AvgIpc) is 3.13. The fourth-order valence-electron chi connectivity index (χ4n) is 3.61. The largest absolute Gasteiger partial charge is 0.490 e. The molecule has 184 valence electrons. The summed E-state index contributed by atoms with van der Waals surface area (Å²) in [5, 5.41) is 8.63. The van der Waals surface area contributed by atoms with Crippen LogP contribution in [-0.4, -0.2) is 30.7 Å². The number of halogens is 1. The maximum Gasteiger partial charge on any atom is 0.280 e. The van der Waals surface area contributed by atoms with Crippen molar-refractivity contribution in [3.05, 3.63) is 87.9 Å². The van der Waals surface area contributed by atoms with E-state index >= 15 is 0 Å². The van der Waals surface area contributed by atoms with Gasteiger partial charge >= 0.3 is 0 Å². The summed E-state index contributed by atoms with van der Waals surface area (Å²) in [5.74, 6) is 0.441. The summed E-state index contributed by atoms with van der Waals surface area (Å²) < 4.78 is 12.3. The van der Waals surface area contributed by atoms with Crippen molar-refractivity contribution in [1.29, 1.82) is 0 Å². The number of rotatable bonds is 8. The van der Waals surface area contributed by atoms with Crippen LogP contribution in [0.5, 0.6) is 11.5 Å². The Morgan fingerprint density at radius 3 is 2.53 bits per heavy atom. The summed E-state index contributed by atoms with van der Waals surface area (Å²) in [6.45, 7) is 5.91. The normalized spacial score (nSPS) is 14.1. The van der Waals surface area contributed by atoms with E-state index in [9.17, 15) is 9.59 Å². The van der Waals surface area contributed by atoms with E-state index in [1.165, 1.54) is 5.01 Å². The highest BCUT2D eigenvalue weighted by Crippen LogP contribution is 2.31. The number of amides is 2. The molecule has 7 nitrogen and oxygen atoms in total. The van der Waals surface area contributed by atoms with Crippen molar-refractivity contribution in [3.63, 3.8) is 0 Å². The first-order valence-electron chi connectivity index (χ1n) is 11.5. The molecular weight excluding hydrogens is 522 g/mol. The number of hydrogen-bond acceptors (Lipinski definition) is 5. The van der Waals surface area contributed by atoms with Gasteiger partial charge in [-0.2, -0.15) is 10.1 Å². The molecule has 0 atom stereocenters. The van der Waals surface area contributed by atoms with Crippen molar-refractivity contribution in [2.75, 3.05) is 23.5 Å². The summed E-state index contributed by atoms with van der Waals surface area (Å²) >= 11 is 3.43. The molecule has 0 aliphatic carbocycles. The van der Waals surface area contributed by atoms with Crippen LogP contribution in [0.15, 0.2) is 81.9 Å². The second kappa shape index (κ2) is 11.2. The number of nitrogens with zero attached hydrogens (tertiary/aromatic N) is 2. The maximum atomic E-state index is 13.1. The quantitative estimate of drug-likeness (QED) is 0.352. The molecule has 2 amide bonds. The number of aryl methyl sites for hydroxylation is 1. The first kappa shape index (κ1) is 25.2. The molecule has 0 saturated heterocycles. The molecule has 0 bridgehead atoms. The Bertz CT molecular complexity index is 1350. The number of carbonyl (C=O) groups is 2. The van der Waals surface area contributed by atoms with Crippen LogP contribution < -0.4 is 19.8 Å². The number of nitrogens with one attached hydrogen (secondary N) is 1. The van der Waals surface area contributed by atoms with Gasteiger partial charge in [-0.3, -0.25) is 9.59 Å². The van der Waals surface area contributed by atoms with Gasteiger partial charge in [-0.1, -0.05) is 45.8 Å². The lowest BCUT2D eigenvalue weighted by Crippen LogP contribution is -2.21. The number of anilines is 2. The van der Waals surface area contributed by atoms with Gasteiger partial charge in [0.2, 0.25) is 0 Å². The van der Waals surface area contributed by atoms with Crippen LogP contribution >= 0.6 is 15.9 Å². The van der Waals surface area contributed by atoms with Gasteiger partial charge in [0.25, 0.3) is 11.8 Å². The molecule has 4 rings (SSSR count). The highest BCUT2D eigenvalue weighted by molar-refractivity contribution is 9.10. The van der Waals surface area contributed by atoms with Crippen LogP contribution in [0.3, 0.4) is 0 Å². The molecule has 8 heteroatoms. The zero-order valence-electron chi connectivity index (χ0n) is 20.2. The number of hydrogen-bond donors (Lipinski definition) is 1. The maximum absolute atomic E-state index is 13.1. The van der Waals surface area contributed by atoms with E-state index < -0.39 is 0 Å². The van der Waals surface area contributed by atoms with Crippen molar-refractivity contribution in [3.8, 4) is 11.5 Å². The Morgan fingerprint density at radius 1 is 1.03 bits per heavy atom. The molecule has 1 N–H and O–H groups in total. The van der Waals surface area contributed by atoms with E-state index in [0.29, 0.717) is 40.8 Å². The molecule has 0 saturated carbocycles. The van der Waals surface area contributed by atoms with Gasteiger partial charge in [-0.25, -0.2) is 0 Å². The van der Waals surface area contributed by atoms with E-state index in [1.54, 1.807) is 25.1 Å². The molecule has 0 unspecified atom stereocenters. The summed E-state index contributed by atoms with van der Waals surface area (Å²) in [7, 11) is 0. The minimum Gasteiger partial charge on any atom is -0.490 e. The van der Waals surface area contributed by atoms with Crippen molar-refractivity contribution >= 4 is 50.9 Å². The molecule has 0 fully saturated rings. The highest BCUT2D eigenvalue weighted by Gasteiger charge is 2.28. The number of hydrazone groups is 1. The third kappa shape index (κ3) is 6.01. The zero-order valence-corrected chi connectivity index (χ0v) is 21.8. The molecule has 36 heavy (non-hydrogen) atoms. The van der Waals surface area contributed by atoms with Gasteiger partial charge in [-0.05, 0) is 74.9 Å². The van der Waals surface area contributed by atoms with Crippen LogP contribution in [0.1, 0.15) is 25.0 Å². The standard InChI is InChI=1S/C28H26BrN3O4/c1-4-35-26-15-20(10-13-25(26)36-17-27(33)30-22-11-8-18(2)9-12-22)14-24-19(3)31-32(28(24)34)23-7-5-6-21(29)16-23/h5-16H,4,17H2,1-3H3,(H,30,33)/b24-14-. The molecule has 3 aromatic rings. The monoisotopic (exact) mass is 547 g/mol. The van der Waals surface area contributed by atoms with Crippen LogP contribution in [0, 0.1) is 6.92 Å². The molecule has 0 spiro atoms. The third-order valence-corrected chi connectivity index (χ3v) is 5.88. The summed E-state index contributed by atoms with van der Waals surface area (Å²) in [6, 6.07) is 20.3. The predicted molar refractivity (Wildman–Crippen MR) is 146 cm³/mol. The molecule has 1 heterocycles. The van der Waals surface area contributed by atoms with Crippen LogP contribution in [0.2, 0.25) is 0 Å². The average molecular weight is 548 g/mol. The lowest BCUT2D eigenvalue weighted by molar-refractivity contribution is -0.118. The Balaban J connectivity index is 1.48. The Hall–Kier alpha value is -3.91. The summed E-state index contributed by atoms with van der Waals surface area (Å²) in [6.07, 6.45) is 1.77. The van der Waals surface area contributed by atoms with Crippen molar-refractivity contribution in [1.82, 2.24) is 0 Å². The summed E-state index contributed by atoms with van der Waals surface area (Å²) in [5.41, 5.74) is 4.36. The number of ether oxygens (including phenoxy) is 2. The Morgan fingerprint density at radius 2 is 1.81 bits per heavy atom. The van der Waals surface area contributed by atoms with Gasteiger partial charge in [0.15, 0.2) is 18.1 Å². The second-order valence-electron chi connectivity index (χ2n) is 8.18. The van der Waals surface area contributed by atoms with E-state index in [0.717, 1.165) is 15.6 Å². The third-order valence-electron chi connectivity index (χ3n) is 5.39. The van der Waals surface area contributed by atoms with Crippen LogP contribution in [0.25, 0.3) is 6.08 Å².